The van der Waals surface area contributed by atoms with E-state index in [-0.39, 0.29) is 10.6 Å². The highest BCUT2D eigenvalue weighted by atomic mass is 32.2. The Hall–Kier alpha value is -3.44. The van der Waals surface area contributed by atoms with Crippen LogP contribution < -0.4 is 5.01 Å². The fraction of sp³-hybridized carbons (Fsp3) is 0.118. The van der Waals surface area contributed by atoms with E-state index in [9.17, 15) is 23.1 Å². The Balaban J connectivity index is 1.90. The molecule has 2 N–H and O–H groups in total. The van der Waals surface area contributed by atoms with E-state index in [0.29, 0.717) is 5.69 Å². The molecule has 28 heavy (non-hydrogen) atoms. The third kappa shape index (κ3) is 3.94. The monoisotopic (exact) mass is 402 g/mol. The second-order valence-corrected chi connectivity index (χ2v) is 7.28. The minimum absolute atomic E-state index is 0.115. The Morgan fingerprint density at radius 1 is 1.11 bits per heavy atom. The van der Waals surface area contributed by atoms with Gasteiger partial charge < -0.3 is 5.11 Å². The molecule has 1 aliphatic rings. The maximum absolute atomic E-state index is 12.6. The standard InChI is InChI=1S/C17H14N4O6S/c1-10-2-4-11(5-3-10)18-19-14-15(17(23)24)20-21(16(14)22)12-6-8-13(9-7-12)28(25,26)27/h2-9,14H,1H3,(H,23,24)(H,25,26,27). The molecule has 10 nitrogen and oxygen atoms in total. The zero-order valence-electron chi connectivity index (χ0n) is 14.4. The predicted octanol–water partition coefficient (Wildman–Crippen LogP) is 2.18. The van der Waals surface area contributed by atoms with Gasteiger partial charge in [-0.05, 0) is 43.3 Å². The first-order valence-electron chi connectivity index (χ1n) is 7.87. The van der Waals surface area contributed by atoms with Gasteiger partial charge in [-0.3, -0.25) is 9.35 Å². The number of carboxylic acid groups (broad SMARTS) is 1. The van der Waals surface area contributed by atoms with Crippen LogP contribution in [0.3, 0.4) is 0 Å². The number of hydrazone groups is 1. The summed E-state index contributed by atoms with van der Waals surface area (Å²) in [7, 11) is -4.40. The van der Waals surface area contributed by atoms with Crippen LogP contribution in [0, 0.1) is 6.92 Å². The van der Waals surface area contributed by atoms with Crippen molar-refractivity contribution in [3.05, 3.63) is 54.1 Å². The summed E-state index contributed by atoms with van der Waals surface area (Å²) >= 11 is 0. The number of aryl methyl sites for hydroxylation is 1. The van der Waals surface area contributed by atoms with Gasteiger partial charge in [0, 0.05) is 0 Å². The number of benzene rings is 2. The van der Waals surface area contributed by atoms with Crippen LogP contribution in [0.15, 0.2) is 68.8 Å². The van der Waals surface area contributed by atoms with E-state index >= 15 is 0 Å². The van der Waals surface area contributed by atoms with Crippen molar-refractivity contribution in [1.29, 1.82) is 0 Å². The number of azo groups is 1. The first-order chi connectivity index (χ1) is 13.2. The Morgan fingerprint density at radius 3 is 2.25 bits per heavy atom. The van der Waals surface area contributed by atoms with Gasteiger partial charge >= 0.3 is 5.97 Å². The van der Waals surface area contributed by atoms with Crippen LogP contribution in [0.25, 0.3) is 0 Å². The van der Waals surface area contributed by atoms with Gasteiger partial charge in [0.1, 0.15) is 0 Å². The van der Waals surface area contributed by atoms with E-state index in [2.05, 4.69) is 15.3 Å². The first kappa shape index (κ1) is 19.3. The van der Waals surface area contributed by atoms with E-state index in [1.54, 1.807) is 24.3 Å². The molecule has 2 aromatic carbocycles. The van der Waals surface area contributed by atoms with Gasteiger partial charge in [-0.25, -0.2) is 4.79 Å². The van der Waals surface area contributed by atoms with Gasteiger partial charge in [-0.2, -0.15) is 28.8 Å². The normalized spacial score (nSPS) is 17.2. The van der Waals surface area contributed by atoms with Crippen molar-refractivity contribution in [2.75, 3.05) is 5.01 Å². The Bertz CT molecular complexity index is 1090. The molecule has 1 heterocycles. The van der Waals surface area contributed by atoms with E-state index < -0.39 is 33.7 Å². The number of carbonyl (C=O) groups is 2. The van der Waals surface area contributed by atoms with Crippen molar-refractivity contribution in [2.24, 2.45) is 15.3 Å². The molecule has 0 aliphatic carbocycles. The summed E-state index contributed by atoms with van der Waals surface area (Å²) in [5.74, 6) is -2.19. The van der Waals surface area contributed by atoms with Crippen molar-refractivity contribution < 1.29 is 27.7 Å². The first-order valence-corrected chi connectivity index (χ1v) is 9.31. The molecule has 0 fully saturated rings. The molecule has 1 amide bonds. The van der Waals surface area contributed by atoms with Crippen LogP contribution in [0.5, 0.6) is 0 Å². The number of nitrogens with zero attached hydrogens (tertiary/aromatic N) is 4. The van der Waals surface area contributed by atoms with Crippen molar-refractivity contribution in [2.45, 2.75) is 17.9 Å². The molecule has 0 spiro atoms. The molecular formula is C17H14N4O6S. The van der Waals surface area contributed by atoms with Crippen LogP contribution in [-0.2, 0) is 19.7 Å². The molecule has 0 saturated carbocycles. The van der Waals surface area contributed by atoms with E-state index in [1.165, 1.54) is 12.1 Å². The van der Waals surface area contributed by atoms with E-state index in [1.807, 2.05) is 6.92 Å². The lowest BCUT2D eigenvalue weighted by atomic mass is 10.2. The van der Waals surface area contributed by atoms with Crippen LogP contribution in [-0.4, -0.2) is 41.7 Å². The quantitative estimate of drug-likeness (QED) is 0.578. The van der Waals surface area contributed by atoms with Crippen LogP contribution in [0.1, 0.15) is 5.56 Å². The zero-order valence-corrected chi connectivity index (χ0v) is 15.2. The molecule has 11 heteroatoms. The minimum atomic E-state index is -4.40. The Morgan fingerprint density at radius 2 is 1.71 bits per heavy atom. The number of carboxylic acids is 1. The number of amides is 1. The summed E-state index contributed by atoms with van der Waals surface area (Å²) in [6.45, 7) is 1.89. The lowest BCUT2D eigenvalue weighted by Crippen LogP contribution is -2.33. The molecule has 2 aromatic rings. The molecule has 1 unspecified atom stereocenters. The third-order valence-corrected chi connectivity index (χ3v) is 4.70. The van der Waals surface area contributed by atoms with Crippen molar-refractivity contribution >= 4 is 39.1 Å². The fourth-order valence-electron chi connectivity index (χ4n) is 2.39. The summed E-state index contributed by atoms with van der Waals surface area (Å²) in [5, 5.41) is 21.6. The minimum Gasteiger partial charge on any atom is -0.477 e. The predicted molar refractivity (Wildman–Crippen MR) is 98.3 cm³/mol. The van der Waals surface area contributed by atoms with Crippen molar-refractivity contribution in [3.63, 3.8) is 0 Å². The molecule has 1 aliphatic heterocycles. The zero-order chi connectivity index (χ0) is 20.5. The highest BCUT2D eigenvalue weighted by molar-refractivity contribution is 7.85. The molecule has 0 saturated heterocycles. The highest BCUT2D eigenvalue weighted by Gasteiger charge is 2.41. The van der Waals surface area contributed by atoms with Crippen molar-refractivity contribution in [3.8, 4) is 0 Å². The fourth-order valence-corrected chi connectivity index (χ4v) is 2.87. The molecule has 0 bridgehead atoms. The molecule has 0 aromatic heterocycles. The van der Waals surface area contributed by atoms with Gasteiger partial charge in [-0.15, -0.1) is 0 Å². The SMILES string of the molecule is Cc1ccc(N=NC2C(=O)N(c3ccc(S(=O)(=O)O)cc3)N=C2C(=O)O)cc1. The third-order valence-electron chi connectivity index (χ3n) is 3.83. The Kier molecular flexibility index (Phi) is 5.03. The largest absolute Gasteiger partial charge is 0.477 e. The Labute approximate surface area is 159 Å². The number of carbonyl (C=O) groups excluding carboxylic acids is 1. The summed E-state index contributed by atoms with van der Waals surface area (Å²) in [4.78, 5) is 23.7. The summed E-state index contributed by atoms with van der Waals surface area (Å²) in [6, 6.07) is 10.0. The average Bonchev–Trinajstić information content (AvgIpc) is 2.97. The lowest BCUT2D eigenvalue weighted by molar-refractivity contribution is -0.130. The average molecular weight is 402 g/mol. The van der Waals surface area contributed by atoms with E-state index in [4.69, 9.17) is 4.55 Å². The molecule has 0 radical (unpaired) electrons. The number of rotatable bonds is 5. The number of aliphatic carboxylic acids is 1. The molecular weight excluding hydrogens is 388 g/mol. The maximum Gasteiger partial charge on any atom is 0.355 e. The summed E-state index contributed by atoms with van der Waals surface area (Å²) in [6.07, 6.45) is 0. The second kappa shape index (κ2) is 7.29. The van der Waals surface area contributed by atoms with Gasteiger partial charge in [-0.1, -0.05) is 17.7 Å². The van der Waals surface area contributed by atoms with Gasteiger partial charge in [0.25, 0.3) is 16.0 Å². The van der Waals surface area contributed by atoms with Gasteiger partial charge in [0.05, 0.1) is 16.3 Å². The lowest BCUT2D eigenvalue weighted by Gasteiger charge is -2.12. The van der Waals surface area contributed by atoms with Crippen LogP contribution in [0.2, 0.25) is 0 Å². The highest BCUT2D eigenvalue weighted by Crippen LogP contribution is 2.25. The molecule has 3 rings (SSSR count). The smallest absolute Gasteiger partial charge is 0.355 e. The maximum atomic E-state index is 12.6. The topological polar surface area (TPSA) is 149 Å². The summed E-state index contributed by atoms with van der Waals surface area (Å²) in [5.41, 5.74) is 1.05. The molecule has 1 atom stereocenters. The van der Waals surface area contributed by atoms with Crippen molar-refractivity contribution in [1.82, 2.24) is 0 Å². The van der Waals surface area contributed by atoms with E-state index in [0.717, 1.165) is 22.7 Å². The number of anilines is 1. The summed E-state index contributed by atoms with van der Waals surface area (Å²) < 4.78 is 31.2. The molecule has 144 valence electrons. The van der Waals surface area contributed by atoms with Gasteiger partial charge in [0.15, 0.2) is 5.71 Å². The number of hydrogen-bond acceptors (Lipinski definition) is 7. The van der Waals surface area contributed by atoms with Crippen LogP contribution in [0.4, 0.5) is 11.4 Å². The van der Waals surface area contributed by atoms with Crippen LogP contribution >= 0.6 is 0 Å². The second-order valence-electron chi connectivity index (χ2n) is 5.86. The number of hydrogen-bond donors (Lipinski definition) is 2. The van der Waals surface area contributed by atoms with Gasteiger partial charge in [0.2, 0.25) is 6.04 Å².